The van der Waals surface area contributed by atoms with Crippen LogP contribution < -0.4 is 10.6 Å². The van der Waals surface area contributed by atoms with Crippen molar-refractivity contribution in [3.8, 4) is 0 Å². The Labute approximate surface area is 106 Å². The van der Waals surface area contributed by atoms with Crippen LogP contribution in [-0.2, 0) is 9.53 Å². The number of halogens is 2. The highest BCUT2D eigenvalue weighted by atomic mass is 19.3. The Bertz CT molecular complexity index is 246. The molecule has 1 fully saturated rings. The summed E-state index contributed by atoms with van der Waals surface area (Å²) in [4.78, 5) is 11.5. The minimum Gasteiger partial charge on any atom is -0.375 e. The Morgan fingerprint density at radius 3 is 2.72 bits per heavy atom. The number of alkyl halides is 2. The highest BCUT2D eigenvalue weighted by molar-refractivity contribution is 5.76. The van der Waals surface area contributed by atoms with Crippen molar-refractivity contribution < 1.29 is 18.3 Å². The Morgan fingerprint density at radius 1 is 1.44 bits per heavy atom. The van der Waals surface area contributed by atoms with Gasteiger partial charge >= 0.3 is 0 Å². The maximum atomic E-state index is 11.8. The first-order chi connectivity index (χ1) is 8.59. The third kappa shape index (κ3) is 6.26. The van der Waals surface area contributed by atoms with Gasteiger partial charge in [-0.15, -0.1) is 0 Å². The lowest BCUT2D eigenvalue weighted by Gasteiger charge is -2.28. The van der Waals surface area contributed by atoms with Crippen LogP contribution in [-0.4, -0.2) is 44.7 Å². The van der Waals surface area contributed by atoms with Crippen molar-refractivity contribution in [1.82, 2.24) is 10.6 Å². The van der Waals surface area contributed by atoms with Crippen LogP contribution in [0.1, 0.15) is 26.2 Å². The van der Waals surface area contributed by atoms with Crippen LogP contribution >= 0.6 is 0 Å². The number of rotatable bonds is 7. The number of ether oxygens (including phenoxy) is 1. The molecule has 0 spiro atoms. The zero-order valence-electron chi connectivity index (χ0n) is 10.8. The molecule has 4 nitrogen and oxygen atoms in total. The molecule has 1 atom stereocenters. The van der Waals surface area contributed by atoms with Gasteiger partial charge in [0.25, 0.3) is 6.43 Å². The number of amides is 1. The Morgan fingerprint density at radius 2 is 2.11 bits per heavy atom. The predicted octanol–water partition coefficient (Wildman–Crippen LogP) is 1.16. The summed E-state index contributed by atoms with van der Waals surface area (Å²) in [6.07, 6.45) is -0.212. The summed E-state index contributed by atoms with van der Waals surface area (Å²) >= 11 is 0. The lowest BCUT2D eigenvalue weighted by atomic mass is 9.91. The predicted molar refractivity (Wildman–Crippen MR) is 64.6 cm³/mol. The maximum Gasteiger partial charge on any atom is 0.261 e. The van der Waals surface area contributed by atoms with Crippen molar-refractivity contribution in [1.29, 1.82) is 0 Å². The average molecular weight is 264 g/mol. The summed E-state index contributed by atoms with van der Waals surface area (Å²) in [5.74, 6) is 0.368. The van der Waals surface area contributed by atoms with Crippen LogP contribution in [0.4, 0.5) is 8.78 Å². The second-order valence-electron chi connectivity index (χ2n) is 4.66. The van der Waals surface area contributed by atoms with E-state index in [-0.39, 0.29) is 25.0 Å². The fraction of sp³-hybridized carbons (Fsp3) is 0.917. The molecule has 2 N–H and O–H groups in total. The SMILES string of the molecule is CC(NC(=O)CCOCC(F)F)C1CCNCC1. The Balaban J connectivity index is 2.10. The van der Waals surface area contributed by atoms with E-state index in [2.05, 4.69) is 15.4 Å². The fourth-order valence-electron chi connectivity index (χ4n) is 2.13. The van der Waals surface area contributed by atoms with Gasteiger partial charge in [-0.1, -0.05) is 0 Å². The number of carbonyl (C=O) groups excluding carboxylic acids is 1. The molecule has 0 aromatic carbocycles. The van der Waals surface area contributed by atoms with Gasteiger partial charge in [0.2, 0.25) is 5.91 Å². The van der Waals surface area contributed by atoms with Gasteiger partial charge in [-0.2, -0.15) is 0 Å². The number of hydrogen-bond acceptors (Lipinski definition) is 3. The third-order valence-electron chi connectivity index (χ3n) is 3.20. The molecule has 1 aliphatic heterocycles. The van der Waals surface area contributed by atoms with Crippen molar-refractivity contribution in [2.24, 2.45) is 5.92 Å². The molecule has 6 heteroatoms. The molecule has 0 radical (unpaired) electrons. The van der Waals surface area contributed by atoms with E-state index >= 15 is 0 Å². The zero-order chi connectivity index (χ0) is 13.4. The molecule has 18 heavy (non-hydrogen) atoms. The molecule has 0 aliphatic carbocycles. The molecule has 0 saturated carbocycles. The topological polar surface area (TPSA) is 50.4 Å². The lowest BCUT2D eigenvalue weighted by Crippen LogP contribution is -2.42. The third-order valence-corrected chi connectivity index (χ3v) is 3.20. The van der Waals surface area contributed by atoms with Crippen LogP contribution in [0.3, 0.4) is 0 Å². The molecular weight excluding hydrogens is 242 g/mol. The second kappa shape index (κ2) is 8.37. The van der Waals surface area contributed by atoms with E-state index in [0.717, 1.165) is 25.9 Å². The van der Waals surface area contributed by atoms with E-state index < -0.39 is 13.0 Å². The highest BCUT2D eigenvalue weighted by Crippen LogP contribution is 2.15. The van der Waals surface area contributed by atoms with Gasteiger partial charge in [-0.3, -0.25) is 4.79 Å². The molecule has 0 aromatic rings. The quantitative estimate of drug-likeness (QED) is 0.679. The van der Waals surface area contributed by atoms with E-state index in [4.69, 9.17) is 0 Å². The molecule has 0 aromatic heterocycles. The largest absolute Gasteiger partial charge is 0.375 e. The van der Waals surface area contributed by atoms with Crippen molar-refractivity contribution in [3.05, 3.63) is 0 Å². The molecule has 106 valence electrons. The lowest BCUT2D eigenvalue weighted by molar-refractivity contribution is -0.123. The molecule has 1 rings (SSSR count). The van der Waals surface area contributed by atoms with Gasteiger partial charge in [-0.05, 0) is 38.8 Å². The van der Waals surface area contributed by atoms with Crippen molar-refractivity contribution in [2.75, 3.05) is 26.3 Å². The first-order valence-corrected chi connectivity index (χ1v) is 6.45. The van der Waals surface area contributed by atoms with Crippen LogP contribution in [0.2, 0.25) is 0 Å². The first-order valence-electron chi connectivity index (χ1n) is 6.45. The van der Waals surface area contributed by atoms with E-state index in [0.29, 0.717) is 5.92 Å². The Hall–Kier alpha value is -0.750. The number of hydrogen-bond donors (Lipinski definition) is 2. The van der Waals surface area contributed by atoms with Crippen LogP contribution in [0, 0.1) is 5.92 Å². The van der Waals surface area contributed by atoms with Gasteiger partial charge in [-0.25, -0.2) is 8.78 Å². The minimum absolute atomic E-state index is 0.0507. The zero-order valence-corrected chi connectivity index (χ0v) is 10.8. The first kappa shape index (κ1) is 15.3. The van der Waals surface area contributed by atoms with Gasteiger partial charge < -0.3 is 15.4 Å². The summed E-state index contributed by atoms with van der Waals surface area (Å²) < 4.78 is 28.2. The summed E-state index contributed by atoms with van der Waals surface area (Å²) in [5, 5.41) is 6.18. The van der Waals surface area contributed by atoms with E-state index in [1.54, 1.807) is 0 Å². The molecule has 1 unspecified atom stereocenters. The van der Waals surface area contributed by atoms with Crippen molar-refractivity contribution in [3.63, 3.8) is 0 Å². The van der Waals surface area contributed by atoms with E-state index in [1.807, 2.05) is 6.92 Å². The van der Waals surface area contributed by atoms with Crippen LogP contribution in [0.25, 0.3) is 0 Å². The van der Waals surface area contributed by atoms with Crippen molar-refractivity contribution >= 4 is 5.91 Å². The summed E-state index contributed by atoms with van der Waals surface area (Å²) in [6, 6.07) is 0.134. The molecule has 1 aliphatic rings. The van der Waals surface area contributed by atoms with Gasteiger partial charge in [0.1, 0.15) is 6.61 Å². The Kier molecular flexibility index (Phi) is 7.12. The normalized spacial score (nSPS) is 18.9. The highest BCUT2D eigenvalue weighted by Gasteiger charge is 2.20. The van der Waals surface area contributed by atoms with Gasteiger partial charge in [0.15, 0.2) is 0 Å². The molecule has 1 saturated heterocycles. The van der Waals surface area contributed by atoms with E-state index in [1.165, 1.54) is 0 Å². The molecule has 1 amide bonds. The fourth-order valence-corrected chi connectivity index (χ4v) is 2.13. The van der Waals surface area contributed by atoms with Crippen LogP contribution in [0.5, 0.6) is 0 Å². The number of nitrogens with one attached hydrogen (secondary N) is 2. The standard InChI is InChI=1S/C12H22F2N2O2/c1-9(10-2-5-15-6-3-10)16-12(17)4-7-18-8-11(13)14/h9-11,15H,2-8H2,1H3,(H,16,17). The summed E-state index contributed by atoms with van der Waals surface area (Å²) in [5.41, 5.74) is 0. The average Bonchev–Trinajstić information content (AvgIpc) is 2.35. The molecule has 1 heterocycles. The second-order valence-corrected chi connectivity index (χ2v) is 4.66. The van der Waals surface area contributed by atoms with Crippen LogP contribution in [0.15, 0.2) is 0 Å². The summed E-state index contributed by atoms with van der Waals surface area (Å²) in [7, 11) is 0. The maximum absolute atomic E-state index is 11.8. The molecular formula is C12H22F2N2O2. The van der Waals surface area contributed by atoms with E-state index in [9.17, 15) is 13.6 Å². The minimum atomic E-state index is -2.47. The summed E-state index contributed by atoms with van der Waals surface area (Å²) in [6.45, 7) is 3.42. The number of piperidine rings is 1. The van der Waals surface area contributed by atoms with Crippen molar-refractivity contribution in [2.45, 2.75) is 38.7 Å². The molecule has 0 bridgehead atoms. The smallest absolute Gasteiger partial charge is 0.261 e. The van der Waals surface area contributed by atoms with Gasteiger partial charge in [0.05, 0.1) is 6.61 Å². The number of carbonyl (C=O) groups is 1. The van der Waals surface area contributed by atoms with Gasteiger partial charge in [0, 0.05) is 12.5 Å². The monoisotopic (exact) mass is 264 g/mol.